The van der Waals surface area contributed by atoms with Crippen LogP contribution in [0, 0.1) is 5.92 Å². The van der Waals surface area contributed by atoms with Crippen LogP contribution < -0.4 is 4.74 Å². The largest absolute Gasteiger partial charge is 0.573 e. The minimum Gasteiger partial charge on any atom is -0.480 e. The molecule has 23 heavy (non-hydrogen) atoms. The standard InChI is InChI=1S/C15H16F3NO4/c1-8(14(21)22)19(2)13(20)11-7-10(11)9-5-3-4-6-12(9)23-15(16,17)18/h3-6,8,10-11H,7H2,1-2H3,(H,21,22)/t8-,10-,11+/m1/s1. The molecule has 0 saturated heterocycles. The second-order valence-corrected chi connectivity index (χ2v) is 5.50. The topological polar surface area (TPSA) is 66.8 Å². The molecule has 1 aliphatic rings. The van der Waals surface area contributed by atoms with Gasteiger partial charge in [0.05, 0.1) is 0 Å². The highest BCUT2D eigenvalue weighted by molar-refractivity contribution is 5.87. The number of nitrogens with zero attached hydrogens (tertiary/aromatic N) is 1. The molecular formula is C15H16F3NO4. The number of alkyl halides is 3. The lowest BCUT2D eigenvalue weighted by molar-refractivity contribution is -0.274. The fourth-order valence-electron chi connectivity index (χ4n) is 2.43. The molecular weight excluding hydrogens is 315 g/mol. The molecule has 1 N–H and O–H groups in total. The number of ether oxygens (including phenoxy) is 1. The Morgan fingerprint density at radius 3 is 2.52 bits per heavy atom. The number of aliphatic carboxylic acids is 1. The van der Waals surface area contributed by atoms with Gasteiger partial charge in [-0.2, -0.15) is 0 Å². The molecule has 0 aliphatic heterocycles. The Labute approximate surface area is 130 Å². The van der Waals surface area contributed by atoms with Crippen LogP contribution in [-0.4, -0.2) is 41.3 Å². The quantitative estimate of drug-likeness (QED) is 0.901. The van der Waals surface area contributed by atoms with Crippen LogP contribution in [-0.2, 0) is 9.59 Å². The van der Waals surface area contributed by atoms with Crippen LogP contribution in [0.5, 0.6) is 5.75 Å². The fraction of sp³-hybridized carbons (Fsp3) is 0.467. The zero-order valence-electron chi connectivity index (χ0n) is 12.5. The summed E-state index contributed by atoms with van der Waals surface area (Å²) in [5.41, 5.74) is 0.305. The molecule has 126 valence electrons. The zero-order valence-corrected chi connectivity index (χ0v) is 12.5. The molecule has 5 nitrogen and oxygen atoms in total. The third kappa shape index (κ3) is 3.94. The molecule has 1 fully saturated rings. The molecule has 0 radical (unpaired) electrons. The number of para-hydroxylation sites is 1. The monoisotopic (exact) mass is 331 g/mol. The van der Waals surface area contributed by atoms with Crippen LogP contribution in [0.1, 0.15) is 24.8 Å². The van der Waals surface area contributed by atoms with Gasteiger partial charge in [0.15, 0.2) is 0 Å². The minimum absolute atomic E-state index is 0.305. The third-order valence-corrected chi connectivity index (χ3v) is 3.94. The lowest BCUT2D eigenvalue weighted by Gasteiger charge is -2.21. The van der Waals surface area contributed by atoms with Crippen LogP contribution in [0.3, 0.4) is 0 Å². The number of hydrogen-bond acceptors (Lipinski definition) is 3. The summed E-state index contributed by atoms with van der Waals surface area (Å²) in [5.74, 6) is -2.79. The van der Waals surface area contributed by atoms with Crippen LogP contribution >= 0.6 is 0 Å². The van der Waals surface area contributed by atoms with Crippen molar-refractivity contribution in [2.24, 2.45) is 5.92 Å². The maximum absolute atomic E-state index is 12.4. The molecule has 0 spiro atoms. The molecule has 0 unspecified atom stereocenters. The van der Waals surface area contributed by atoms with E-state index in [1.165, 1.54) is 32.2 Å². The Hall–Kier alpha value is -2.25. The number of rotatable bonds is 5. The highest BCUT2D eigenvalue weighted by atomic mass is 19.4. The number of likely N-dealkylation sites (N-methyl/N-ethyl adjacent to an activating group) is 1. The van der Waals surface area contributed by atoms with Crippen molar-refractivity contribution in [3.63, 3.8) is 0 Å². The first-order valence-corrected chi connectivity index (χ1v) is 6.96. The van der Waals surface area contributed by atoms with Gasteiger partial charge in [0.25, 0.3) is 0 Å². The average molecular weight is 331 g/mol. The Balaban J connectivity index is 2.12. The summed E-state index contributed by atoms with van der Waals surface area (Å²) in [4.78, 5) is 24.2. The van der Waals surface area contributed by atoms with Crippen molar-refractivity contribution in [2.45, 2.75) is 31.7 Å². The van der Waals surface area contributed by atoms with Gasteiger partial charge in [0.2, 0.25) is 5.91 Å². The second kappa shape index (κ2) is 6.10. The SMILES string of the molecule is C[C@H](C(=O)O)N(C)C(=O)[C@H]1C[C@@H]1c1ccccc1OC(F)(F)F. The van der Waals surface area contributed by atoms with Gasteiger partial charge in [-0.25, -0.2) is 4.79 Å². The number of halogens is 3. The van der Waals surface area contributed by atoms with E-state index in [0.29, 0.717) is 12.0 Å². The van der Waals surface area contributed by atoms with E-state index in [9.17, 15) is 22.8 Å². The van der Waals surface area contributed by atoms with Crippen molar-refractivity contribution >= 4 is 11.9 Å². The second-order valence-electron chi connectivity index (χ2n) is 5.50. The molecule has 2 rings (SSSR count). The van der Waals surface area contributed by atoms with Crippen LogP contribution in [0.25, 0.3) is 0 Å². The van der Waals surface area contributed by atoms with Crippen molar-refractivity contribution in [3.8, 4) is 5.75 Å². The van der Waals surface area contributed by atoms with Gasteiger partial charge in [0, 0.05) is 13.0 Å². The zero-order chi connectivity index (χ0) is 17.4. The molecule has 8 heteroatoms. The first-order valence-electron chi connectivity index (χ1n) is 6.96. The van der Waals surface area contributed by atoms with Crippen LogP contribution in [0.2, 0.25) is 0 Å². The summed E-state index contributed by atoms with van der Waals surface area (Å²) in [6, 6.07) is 4.68. The van der Waals surface area contributed by atoms with Crippen molar-refractivity contribution < 1.29 is 32.6 Å². The summed E-state index contributed by atoms with van der Waals surface area (Å²) < 4.78 is 41.3. The number of carboxylic acids is 1. The van der Waals surface area contributed by atoms with Gasteiger partial charge in [0.1, 0.15) is 11.8 Å². The lowest BCUT2D eigenvalue weighted by Crippen LogP contribution is -2.41. The number of benzene rings is 1. The van der Waals surface area contributed by atoms with Gasteiger partial charge < -0.3 is 14.7 Å². The molecule has 0 aromatic heterocycles. The normalized spacial score (nSPS) is 21.4. The third-order valence-electron chi connectivity index (χ3n) is 3.94. The maximum atomic E-state index is 12.4. The highest BCUT2D eigenvalue weighted by Gasteiger charge is 2.48. The van der Waals surface area contributed by atoms with Crippen LogP contribution in [0.15, 0.2) is 24.3 Å². The summed E-state index contributed by atoms with van der Waals surface area (Å²) in [6.07, 6.45) is -4.44. The Bertz CT molecular complexity index is 617. The maximum Gasteiger partial charge on any atom is 0.573 e. The Morgan fingerprint density at radius 2 is 1.96 bits per heavy atom. The molecule has 0 bridgehead atoms. The summed E-state index contributed by atoms with van der Waals surface area (Å²) in [6.45, 7) is 1.37. The number of carbonyl (C=O) groups excluding carboxylic acids is 1. The number of carbonyl (C=O) groups is 2. The average Bonchev–Trinajstić information content (AvgIpc) is 3.24. The van der Waals surface area contributed by atoms with Gasteiger partial charge in [-0.05, 0) is 30.9 Å². The lowest BCUT2D eigenvalue weighted by atomic mass is 10.1. The molecule has 1 saturated carbocycles. The van der Waals surface area contributed by atoms with Crippen LogP contribution in [0.4, 0.5) is 13.2 Å². The van der Waals surface area contributed by atoms with Crippen molar-refractivity contribution in [1.82, 2.24) is 4.90 Å². The summed E-state index contributed by atoms with van der Waals surface area (Å²) in [5, 5.41) is 8.92. The Kier molecular flexibility index (Phi) is 4.53. The van der Waals surface area contributed by atoms with E-state index in [2.05, 4.69) is 4.74 Å². The van der Waals surface area contributed by atoms with Gasteiger partial charge in [-0.1, -0.05) is 18.2 Å². The summed E-state index contributed by atoms with van der Waals surface area (Å²) in [7, 11) is 1.37. The smallest absolute Gasteiger partial charge is 0.480 e. The first-order chi connectivity index (χ1) is 10.6. The van der Waals surface area contributed by atoms with E-state index in [0.717, 1.165) is 4.90 Å². The molecule has 1 aliphatic carbocycles. The van der Waals surface area contributed by atoms with Crippen molar-refractivity contribution in [1.29, 1.82) is 0 Å². The number of carboxylic acid groups (broad SMARTS) is 1. The molecule has 0 heterocycles. The first kappa shape index (κ1) is 17.1. The highest BCUT2D eigenvalue weighted by Crippen LogP contribution is 2.51. The van der Waals surface area contributed by atoms with E-state index in [1.807, 2.05) is 0 Å². The predicted octanol–water partition coefficient (Wildman–Crippen LogP) is 2.62. The predicted molar refractivity (Wildman–Crippen MR) is 73.8 cm³/mol. The minimum atomic E-state index is -4.81. The Morgan fingerprint density at radius 1 is 1.35 bits per heavy atom. The van der Waals surface area contributed by atoms with E-state index in [1.54, 1.807) is 6.07 Å². The molecule has 1 aromatic rings. The van der Waals surface area contributed by atoms with E-state index < -0.39 is 36.1 Å². The number of hydrogen-bond donors (Lipinski definition) is 1. The van der Waals surface area contributed by atoms with E-state index in [-0.39, 0.29) is 5.75 Å². The van der Waals surface area contributed by atoms with Gasteiger partial charge in [-0.15, -0.1) is 13.2 Å². The van der Waals surface area contributed by atoms with E-state index in [4.69, 9.17) is 5.11 Å². The molecule has 1 aromatic carbocycles. The molecule has 3 atom stereocenters. The van der Waals surface area contributed by atoms with E-state index >= 15 is 0 Å². The summed E-state index contributed by atoms with van der Waals surface area (Å²) >= 11 is 0. The van der Waals surface area contributed by atoms with Gasteiger partial charge >= 0.3 is 12.3 Å². The van der Waals surface area contributed by atoms with Crippen molar-refractivity contribution in [2.75, 3.05) is 7.05 Å². The number of amides is 1. The van der Waals surface area contributed by atoms with Crippen molar-refractivity contribution in [3.05, 3.63) is 29.8 Å². The van der Waals surface area contributed by atoms with Gasteiger partial charge in [-0.3, -0.25) is 4.79 Å². The molecule has 1 amide bonds. The fourth-order valence-corrected chi connectivity index (χ4v) is 2.43.